The van der Waals surface area contributed by atoms with Crippen molar-refractivity contribution in [1.82, 2.24) is 0 Å². The average Bonchev–Trinajstić information content (AvgIpc) is 2.00. The third-order valence-corrected chi connectivity index (χ3v) is 1.32. The molecule has 0 amide bonds. The molecule has 10 heavy (non-hydrogen) atoms. The van der Waals surface area contributed by atoms with Crippen LogP contribution in [-0.4, -0.2) is 24.5 Å². The van der Waals surface area contributed by atoms with Crippen LogP contribution in [-0.2, 0) is 0 Å². The topological polar surface area (TPSA) is 24.7 Å². The van der Waals surface area contributed by atoms with Crippen LogP contribution >= 0.6 is 0 Å². The Bertz CT molecular complexity index is 127. The van der Waals surface area contributed by atoms with E-state index in [1.165, 1.54) is 0 Å². The molecule has 0 aromatic rings. The summed E-state index contributed by atoms with van der Waals surface area (Å²) in [5, 5.41) is 0. The standard InChI is InChI=1S/C6H10N2.C2H6/c1-5-6(2)8-4-3-7-5;1-2/h3-4H2,1-2H3;1-2H3. The maximum Gasteiger partial charge on any atom is 0.0589 e. The van der Waals surface area contributed by atoms with E-state index in [1.54, 1.807) is 0 Å². The van der Waals surface area contributed by atoms with E-state index in [-0.39, 0.29) is 0 Å². The zero-order valence-electron chi connectivity index (χ0n) is 7.31. The van der Waals surface area contributed by atoms with Crippen molar-refractivity contribution >= 4 is 11.4 Å². The molecule has 0 atom stereocenters. The van der Waals surface area contributed by atoms with Gasteiger partial charge >= 0.3 is 0 Å². The molecule has 1 rings (SSSR count). The van der Waals surface area contributed by atoms with E-state index in [0.717, 1.165) is 24.5 Å². The van der Waals surface area contributed by atoms with Gasteiger partial charge in [0.05, 0.1) is 24.5 Å². The summed E-state index contributed by atoms with van der Waals surface area (Å²) in [6.45, 7) is 9.75. The second kappa shape index (κ2) is 5.15. The first kappa shape index (κ1) is 9.34. The van der Waals surface area contributed by atoms with Gasteiger partial charge in [-0.1, -0.05) is 13.8 Å². The van der Waals surface area contributed by atoms with E-state index < -0.39 is 0 Å². The first-order valence-corrected chi connectivity index (χ1v) is 3.83. The molecule has 0 N–H and O–H groups in total. The normalized spacial score (nSPS) is 16.4. The van der Waals surface area contributed by atoms with Gasteiger partial charge in [0.1, 0.15) is 0 Å². The molecule has 0 unspecified atom stereocenters. The van der Waals surface area contributed by atoms with Crippen LogP contribution in [0.1, 0.15) is 27.7 Å². The van der Waals surface area contributed by atoms with Crippen LogP contribution in [0, 0.1) is 0 Å². The maximum atomic E-state index is 4.20. The van der Waals surface area contributed by atoms with Gasteiger partial charge in [-0.05, 0) is 13.8 Å². The third-order valence-electron chi connectivity index (χ3n) is 1.32. The highest BCUT2D eigenvalue weighted by Gasteiger charge is 1.98. The molecular weight excluding hydrogens is 124 g/mol. The lowest BCUT2D eigenvalue weighted by molar-refractivity contribution is 0.960. The van der Waals surface area contributed by atoms with Crippen LogP contribution in [0.25, 0.3) is 0 Å². The average molecular weight is 140 g/mol. The minimum atomic E-state index is 0.878. The van der Waals surface area contributed by atoms with E-state index >= 15 is 0 Å². The van der Waals surface area contributed by atoms with E-state index in [4.69, 9.17) is 0 Å². The van der Waals surface area contributed by atoms with Gasteiger partial charge in [-0.2, -0.15) is 0 Å². The highest BCUT2D eigenvalue weighted by Crippen LogP contribution is 1.91. The Kier molecular flexibility index (Phi) is 4.81. The first-order valence-electron chi connectivity index (χ1n) is 3.83. The van der Waals surface area contributed by atoms with Crippen LogP contribution in [0.3, 0.4) is 0 Å². The van der Waals surface area contributed by atoms with Crippen molar-refractivity contribution in [1.29, 1.82) is 0 Å². The summed E-state index contributed by atoms with van der Waals surface area (Å²) < 4.78 is 0. The van der Waals surface area contributed by atoms with Crippen LogP contribution in [0.5, 0.6) is 0 Å². The Hall–Kier alpha value is -0.660. The molecule has 0 radical (unpaired) electrons. The molecule has 1 heterocycles. The summed E-state index contributed by atoms with van der Waals surface area (Å²) in [4.78, 5) is 8.39. The molecule has 0 saturated carbocycles. The zero-order valence-corrected chi connectivity index (χ0v) is 7.31. The predicted octanol–water partition coefficient (Wildman–Crippen LogP) is 1.95. The number of aliphatic imine (C=N–C) groups is 2. The summed E-state index contributed by atoms with van der Waals surface area (Å²) in [5.41, 5.74) is 2.19. The fraction of sp³-hybridized carbons (Fsp3) is 0.750. The molecule has 0 fully saturated rings. The van der Waals surface area contributed by atoms with Gasteiger partial charge < -0.3 is 0 Å². The van der Waals surface area contributed by atoms with E-state index in [1.807, 2.05) is 27.7 Å². The lowest BCUT2D eigenvalue weighted by atomic mass is 10.2. The third kappa shape index (κ3) is 2.76. The Morgan fingerprint density at radius 1 is 0.900 bits per heavy atom. The molecule has 0 aromatic carbocycles. The van der Waals surface area contributed by atoms with Crippen molar-refractivity contribution in [2.45, 2.75) is 27.7 Å². The monoisotopic (exact) mass is 140 g/mol. The van der Waals surface area contributed by atoms with Crippen molar-refractivity contribution in [3.8, 4) is 0 Å². The molecule has 0 aromatic heterocycles. The zero-order chi connectivity index (χ0) is 7.98. The number of rotatable bonds is 0. The van der Waals surface area contributed by atoms with Crippen LogP contribution in [0.4, 0.5) is 0 Å². The van der Waals surface area contributed by atoms with Gasteiger partial charge in [0.25, 0.3) is 0 Å². The minimum Gasteiger partial charge on any atom is -0.286 e. The number of nitrogens with zero attached hydrogens (tertiary/aromatic N) is 2. The van der Waals surface area contributed by atoms with Crippen LogP contribution in [0.2, 0.25) is 0 Å². The van der Waals surface area contributed by atoms with Crippen LogP contribution in [0.15, 0.2) is 9.98 Å². The smallest absolute Gasteiger partial charge is 0.0589 e. The number of hydrogen-bond acceptors (Lipinski definition) is 2. The van der Waals surface area contributed by atoms with Gasteiger partial charge in [-0.25, -0.2) is 0 Å². The number of hydrogen-bond donors (Lipinski definition) is 0. The lowest BCUT2D eigenvalue weighted by Crippen LogP contribution is -2.13. The molecule has 0 spiro atoms. The SMILES string of the molecule is CC.CC1=NCCN=C1C. The van der Waals surface area contributed by atoms with Gasteiger partial charge in [-0.15, -0.1) is 0 Å². The summed E-state index contributed by atoms with van der Waals surface area (Å²) >= 11 is 0. The van der Waals surface area contributed by atoms with Gasteiger partial charge in [0, 0.05) is 0 Å². The lowest BCUT2D eigenvalue weighted by Gasteiger charge is -2.04. The molecule has 1 aliphatic heterocycles. The Morgan fingerprint density at radius 2 is 1.20 bits per heavy atom. The second-order valence-electron chi connectivity index (χ2n) is 1.93. The quantitative estimate of drug-likeness (QED) is 0.491. The predicted molar refractivity (Wildman–Crippen MR) is 47.3 cm³/mol. The van der Waals surface area contributed by atoms with Crippen molar-refractivity contribution in [2.75, 3.05) is 13.1 Å². The van der Waals surface area contributed by atoms with Gasteiger partial charge in [-0.3, -0.25) is 9.98 Å². The van der Waals surface area contributed by atoms with Gasteiger partial charge in [0.2, 0.25) is 0 Å². The first-order chi connectivity index (χ1) is 4.80. The molecule has 58 valence electrons. The Labute approximate surface area is 63.1 Å². The van der Waals surface area contributed by atoms with Crippen molar-refractivity contribution in [3.05, 3.63) is 0 Å². The summed E-state index contributed by atoms with van der Waals surface area (Å²) in [6, 6.07) is 0. The van der Waals surface area contributed by atoms with E-state index in [9.17, 15) is 0 Å². The molecule has 2 nitrogen and oxygen atoms in total. The Morgan fingerprint density at radius 3 is 1.40 bits per heavy atom. The fourth-order valence-electron chi connectivity index (χ4n) is 0.664. The van der Waals surface area contributed by atoms with Crippen molar-refractivity contribution in [2.24, 2.45) is 9.98 Å². The van der Waals surface area contributed by atoms with E-state index in [2.05, 4.69) is 9.98 Å². The second-order valence-corrected chi connectivity index (χ2v) is 1.93. The molecule has 0 saturated heterocycles. The summed E-state index contributed by atoms with van der Waals surface area (Å²) in [7, 11) is 0. The van der Waals surface area contributed by atoms with Crippen molar-refractivity contribution in [3.63, 3.8) is 0 Å². The van der Waals surface area contributed by atoms with E-state index in [0.29, 0.717) is 0 Å². The molecule has 0 bridgehead atoms. The maximum absolute atomic E-state index is 4.20. The summed E-state index contributed by atoms with van der Waals surface area (Å²) in [6.07, 6.45) is 0. The minimum absolute atomic E-state index is 0.878. The Balaban J connectivity index is 0.000000371. The molecule has 2 heteroatoms. The molecule has 1 aliphatic rings. The van der Waals surface area contributed by atoms with Crippen LogP contribution < -0.4 is 0 Å². The fourth-order valence-corrected chi connectivity index (χ4v) is 0.664. The van der Waals surface area contributed by atoms with Gasteiger partial charge in [0.15, 0.2) is 0 Å². The highest BCUT2D eigenvalue weighted by atomic mass is 14.9. The molecular formula is C8H16N2. The summed E-state index contributed by atoms with van der Waals surface area (Å²) in [5.74, 6) is 0. The molecule has 0 aliphatic carbocycles. The largest absolute Gasteiger partial charge is 0.286 e. The van der Waals surface area contributed by atoms with Crippen molar-refractivity contribution < 1.29 is 0 Å². The highest BCUT2D eigenvalue weighted by molar-refractivity contribution is 6.40.